The Morgan fingerprint density at radius 2 is 2.00 bits per heavy atom. The first kappa shape index (κ1) is 22.7. The van der Waals surface area contributed by atoms with Crippen LogP contribution in [0.3, 0.4) is 0 Å². The van der Waals surface area contributed by atoms with E-state index >= 15 is 0 Å². The Kier molecular flexibility index (Phi) is 6.78. The van der Waals surface area contributed by atoms with Gasteiger partial charge in [-0.1, -0.05) is 13.0 Å². The summed E-state index contributed by atoms with van der Waals surface area (Å²) in [5.74, 6) is 0.599. The van der Waals surface area contributed by atoms with E-state index in [-0.39, 0.29) is 18.0 Å². The number of halogens is 1. The maximum atomic E-state index is 13.2. The minimum absolute atomic E-state index is 0.200. The number of aromatic nitrogens is 1. The zero-order chi connectivity index (χ0) is 22.8. The van der Waals surface area contributed by atoms with E-state index in [0.29, 0.717) is 24.7 Å². The minimum Gasteiger partial charge on any atom is -0.380 e. The highest BCUT2D eigenvalue weighted by Crippen LogP contribution is 2.30. The van der Waals surface area contributed by atoms with Crippen molar-refractivity contribution in [3.63, 3.8) is 0 Å². The van der Waals surface area contributed by atoms with Crippen LogP contribution in [0.1, 0.15) is 30.4 Å². The van der Waals surface area contributed by atoms with E-state index < -0.39 is 6.04 Å². The number of likely N-dealkylation sites (N-methyl/N-ethyl adjacent to an activating group) is 1. The number of nitrogens with zero attached hydrogens (tertiary/aromatic N) is 3. The van der Waals surface area contributed by atoms with Gasteiger partial charge in [-0.2, -0.15) is 0 Å². The molecular formula is C23H28BrN5O3. The van der Waals surface area contributed by atoms with Crippen molar-refractivity contribution in [1.29, 1.82) is 0 Å². The Bertz CT molecular complexity index is 1000. The van der Waals surface area contributed by atoms with Crippen LogP contribution in [-0.4, -0.2) is 66.1 Å². The van der Waals surface area contributed by atoms with Gasteiger partial charge in [0.1, 0.15) is 11.9 Å². The number of anilines is 2. The SMILES string of the molecule is CO[C@@H]1C[C@H](C(=O)Nc2ccc3c(c2)C(C)CN(C)C3)N(C(=O)Nc2ccc(Br)cn2)C1. The Labute approximate surface area is 196 Å². The summed E-state index contributed by atoms with van der Waals surface area (Å²) in [5.41, 5.74) is 3.30. The molecule has 2 aromatic rings. The number of methoxy groups -OCH3 is 1. The first-order valence-corrected chi connectivity index (χ1v) is 11.5. The van der Waals surface area contributed by atoms with Crippen LogP contribution in [0.5, 0.6) is 0 Å². The highest BCUT2D eigenvalue weighted by molar-refractivity contribution is 9.10. The molecule has 2 aliphatic heterocycles. The van der Waals surface area contributed by atoms with E-state index in [4.69, 9.17) is 4.74 Å². The first-order valence-electron chi connectivity index (χ1n) is 10.7. The number of urea groups is 1. The van der Waals surface area contributed by atoms with Crippen molar-refractivity contribution < 1.29 is 14.3 Å². The van der Waals surface area contributed by atoms with Gasteiger partial charge < -0.3 is 19.9 Å². The van der Waals surface area contributed by atoms with Crippen LogP contribution in [0.15, 0.2) is 41.0 Å². The number of amides is 3. The van der Waals surface area contributed by atoms with Crippen molar-refractivity contribution in [1.82, 2.24) is 14.8 Å². The third-order valence-corrected chi connectivity index (χ3v) is 6.56. The van der Waals surface area contributed by atoms with Crippen LogP contribution in [0.4, 0.5) is 16.3 Å². The van der Waals surface area contributed by atoms with E-state index in [0.717, 1.165) is 23.2 Å². The number of ether oxygens (including phenoxy) is 1. The summed E-state index contributed by atoms with van der Waals surface area (Å²) in [6.45, 7) is 4.43. The second-order valence-corrected chi connectivity index (χ2v) is 9.47. The quantitative estimate of drug-likeness (QED) is 0.667. The Morgan fingerprint density at radius 1 is 1.19 bits per heavy atom. The fourth-order valence-corrected chi connectivity index (χ4v) is 4.73. The molecule has 9 heteroatoms. The molecule has 1 aromatic carbocycles. The van der Waals surface area contributed by atoms with E-state index in [1.807, 2.05) is 6.07 Å². The normalized spacial score (nSPS) is 23.0. The van der Waals surface area contributed by atoms with E-state index in [9.17, 15) is 9.59 Å². The van der Waals surface area contributed by atoms with Gasteiger partial charge in [-0.05, 0) is 64.3 Å². The molecule has 0 radical (unpaired) electrons. The lowest BCUT2D eigenvalue weighted by molar-refractivity contribution is -0.119. The monoisotopic (exact) mass is 501 g/mol. The van der Waals surface area contributed by atoms with E-state index in [1.54, 1.807) is 25.4 Å². The van der Waals surface area contributed by atoms with Gasteiger partial charge in [-0.25, -0.2) is 9.78 Å². The number of hydrogen-bond donors (Lipinski definition) is 2. The molecule has 0 saturated carbocycles. The summed E-state index contributed by atoms with van der Waals surface area (Å²) < 4.78 is 6.28. The summed E-state index contributed by atoms with van der Waals surface area (Å²) in [6.07, 6.45) is 1.85. The third kappa shape index (κ3) is 4.95. The van der Waals surface area contributed by atoms with Crippen molar-refractivity contribution in [3.05, 3.63) is 52.1 Å². The number of nitrogens with one attached hydrogen (secondary N) is 2. The van der Waals surface area contributed by atoms with Crippen LogP contribution in [0.2, 0.25) is 0 Å². The van der Waals surface area contributed by atoms with Crippen molar-refractivity contribution in [3.8, 4) is 0 Å². The van der Waals surface area contributed by atoms with Gasteiger partial charge in [-0.15, -0.1) is 0 Å². The fourth-order valence-electron chi connectivity index (χ4n) is 4.49. The van der Waals surface area contributed by atoms with Gasteiger partial charge in [0.05, 0.1) is 6.10 Å². The average molecular weight is 502 g/mol. The Hall–Kier alpha value is -2.49. The molecule has 3 atom stereocenters. The molecule has 3 amide bonds. The van der Waals surface area contributed by atoms with E-state index in [2.05, 4.69) is 62.6 Å². The number of pyridine rings is 1. The summed E-state index contributed by atoms with van der Waals surface area (Å²) in [7, 11) is 3.71. The lowest BCUT2D eigenvalue weighted by Crippen LogP contribution is -2.45. The van der Waals surface area contributed by atoms with Crippen LogP contribution in [0, 0.1) is 0 Å². The van der Waals surface area contributed by atoms with Crippen LogP contribution < -0.4 is 10.6 Å². The van der Waals surface area contributed by atoms with Gasteiger partial charge in [-0.3, -0.25) is 10.1 Å². The van der Waals surface area contributed by atoms with Gasteiger partial charge in [0.2, 0.25) is 5.91 Å². The zero-order valence-electron chi connectivity index (χ0n) is 18.5. The maximum absolute atomic E-state index is 13.2. The lowest BCUT2D eigenvalue weighted by atomic mass is 9.91. The van der Waals surface area contributed by atoms with Gasteiger partial charge >= 0.3 is 6.03 Å². The molecule has 0 bridgehead atoms. The number of likely N-dealkylation sites (tertiary alicyclic amines) is 1. The maximum Gasteiger partial charge on any atom is 0.323 e. The predicted molar refractivity (Wildman–Crippen MR) is 127 cm³/mol. The molecule has 2 N–H and O–H groups in total. The molecule has 1 saturated heterocycles. The Balaban J connectivity index is 1.48. The van der Waals surface area contributed by atoms with Crippen molar-refractivity contribution in [2.45, 2.75) is 38.0 Å². The van der Waals surface area contributed by atoms with Crippen LogP contribution in [-0.2, 0) is 16.1 Å². The minimum atomic E-state index is -0.630. The van der Waals surface area contributed by atoms with Crippen molar-refractivity contribution in [2.24, 2.45) is 0 Å². The van der Waals surface area contributed by atoms with Gasteiger partial charge in [0.25, 0.3) is 0 Å². The summed E-state index contributed by atoms with van der Waals surface area (Å²) in [5, 5.41) is 5.79. The molecule has 8 nitrogen and oxygen atoms in total. The molecule has 1 unspecified atom stereocenters. The van der Waals surface area contributed by atoms with Crippen molar-refractivity contribution >= 4 is 39.4 Å². The molecule has 2 aliphatic rings. The molecule has 1 aromatic heterocycles. The standard InChI is InChI=1S/C23H28BrN5O3/c1-14-11-28(2)12-15-4-6-17(8-19(14)15)26-22(30)20-9-18(32-3)13-29(20)23(31)27-21-7-5-16(24)10-25-21/h4-8,10,14,18,20H,9,11-13H2,1-3H3,(H,26,30)(H,25,27,31)/t14?,18-,20-/m1/s1. The van der Waals surface area contributed by atoms with Gasteiger partial charge in [0.15, 0.2) is 0 Å². The smallest absolute Gasteiger partial charge is 0.323 e. The topological polar surface area (TPSA) is 86.8 Å². The molecular weight excluding hydrogens is 474 g/mol. The third-order valence-electron chi connectivity index (χ3n) is 6.09. The zero-order valence-corrected chi connectivity index (χ0v) is 20.1. The molecule has 170 valence electrons. The summed E-state index contributed by atoms with van der Waals surface area (Å²) in [6, 6.07) is 8.56. The number of benzene rings is 1. The van der Waals surface area contributed by atoms with Gasteiger partial charge in [0, 0.05) is 49.5 Å². The van der Waals surface area contributed by atoms with Crippen LogP contribution >= 0.6 is 15.9 Å². The molecule has 0 spiro atoms. The summed E-state index contributed by atoms with van der Waals surface area (Å²) in [4.78, 5) is 34.1. The average Bonchev–Trinajstić information content (AvgIpc) is 3.21. The second kappa shape index (κ2) is 9.56. The number of rotatable bonds is 4. The van der Waals surface area contributed by atoms with Crippen molar-refractivity contribution in [2.75, 3.05) is 37.9 Å². The highest BCUT2D eigenvalue weighted by Gasteiger charge is 2.40. The van der Waals surface area contributed by atoms with E-state index in [1.165, 1.54) is 16.0 Å². The molecule has 3 heterocycles. The number of carbonyl (C=O) groups is 2. The first-order chi connectivity index (χ1) is 15.3. The highest BCUT2D eigenvalue weighted by atomic mass is 79.9. The predicted octanol–water partition coefficient (Wildman–Crippen LogP) is 3.65. The molecule has 0 aliphatic carbocycles. The summed E-state index contributed by atoms with van der Waals surface area (Å²) >= 11 is 3.33. The molecule has 4 rings (SSSR count). The number of carbonyl (C=O) groups excluding carboxylic acids is 2. The largest absolute Gasteiger partial charge is 0.380 e. The second-order valence-electron chi connectivity index (χ2n) is 8.55. The number of fused-ring (bicyclic) bond motifs is 1. The Morgan fingerprint density at radius 3 is 2.72 bits per heavy atom. The lowest BCUT2D eigenvalue weighted by Gasteiger charge is -2.30. The van der Waals surface area contributed by atoms with Crippen LogP contribution in [0.25, 0.3) is 0 Å². The molecule has 1 fully saturated rings. The number of hydrogen-bond acceptors (Lipinski definition) is 5. The molecule has 32 heavy (non-hydrogen) atoms. The fraction of sp³-hybridized carbons (Fsp3) is 0.435.